The van der Waals surface area contributed by atoms with E-state index in [1.165, 1.54) is 28.6 Å². The minimum Gasteiger partial charge on any atom is -0.480 e. The molecule has 2 unspecified atom stereocenters. The zero-order valence-corrected chi connectivity index (χ0v) is 13.6. The lowest BCUT2D eigenvalue weighted by Gasteiger charge is -2.34. The molecule has 7 nitrogen and oxygen atoms in total. The van der Waals surface area contributed by atoms with Crippen LogP contribution in [0.4, 0.5) is 4.79 Å². The molecular formula is C13H23N3O4S. The minimum absolute atomic E-state index is 0.0653. The average molecular weight is 317 g/mol. The van der Waals surface area contributed by atoms with Gasteiger partial charge in [0.05, 0.1) is 5.37 Å². The second-order valence-electron chi connectivity index (χ2n) is 5.20. The summed E-state index contributed by atoms with van der Waals surface area (Å²) in [5.74, 6) is -0.761. The molecule has 1 heterocycles. The molecule has 3 amide bonds. The number of urea groups is 1. The van der Waals surface area contributed by atoms with Crippen molar-refractivity contribution >= 4 is 29.7 Å². The van der Waals surface area contributed by atoms with Crippen molar-refractivity contribution < 1.29 is 19.5 Å². The molecule has 2 atom stereocenters. The first-order valence-electron chi connectivity index (χ1n) is 6.95. The number of carboxylic acid groups (broad SMARTS) is 1. The van der Waals surface area contributed by atoms with Gasteiger partial charge in [-0.25, -0.2) is 9.59 Å². The van der Waals surface area contributed by atoms with Crippen molar-refractivity contribution in [2.45, 2.75) is 32.2 Å². The fourth-order valence-electron chi connectivity index (χ4n) is 2.20. The van der Waals surface area contributed by atoms with Crippen molar-refractivity contribution in [3.8, 4) is 0 Å². The van der Waals surface area contributed by atoms with E-state index >= 15 is 0 Å². The predicted octanol–water partition coefficient (Wildman–Crippen LogP) is 0.658. The van der Waals surface area contributed by atoms with E-state index in [4.69, 9.17) is 0 Å². The van der Waals surface area contributed by atoms with Gasteiger partial charge in [-0.05, 0) is 12.8 Å². The highest BCUT2D eigenvalue weighted by Crippen LogP contribution is 2.34. The molecule has 1 aliphatic rings. The number of aliphatic carboxylic acids is 1. The van der Waals surface area contributed by atoms with Crippen molar-refractivity contribution in [3.63, 3.8) is 0 Å². The molecule has 0 aromatic heterocycles. The van der Waals surface area contributed by atoms with Gasteiger partial charge in [0, 0.05) is 19.3 Å². The average Bonchev–Trinajstić information content (AvgIpc) is 2.88. The maximum absolute atomic E-state index is 12.7. The van der Waals surface area contributed by atoms with Crippen LogP contribution in [-0.4, -0.2) is 70.1 Å². The molecule has 0 aromatic rings. The van der Waals surface area contributed by atoms with Crippen LogP contribution in [0.1, 0.15) is 20.8 Å². The summed E-state index contributed by atoms with van der Waals surface area (Å²) in [4.78, 5) is 38.3. The Hall–Kier alpha value is -1.44. The van der Waals surface area contributed by atoms with Gasteiger partial charge in [0.25, 0.3) is 0 Å². The summed E-state index contributed by atoms with van der Waals surface area (Å²) in [5.41, 5.74) is 0. The van der Waals surface area contributed by atoms with E-state index in [9.17, 15) is 19.5 Å². The molecule has 1 rings (SSSR count). The first-order chi connectivity index (χ1) is 9.83. The number of nitrogens with one attached hydrogen (secondary N) is 1. The molecule has 0 radical (unpaired) electrons. The van der Waals surface area contributed by atoms with Gasteiger partial charge in [-0.15, -0.1) is 11.8 Å². The molecule has 1 saturated heterocycles. The van der Waals surface area contributed by atoms with Gasteiger partial charge in [-0.3, -0.25) is 9.69 Å². The largest absolute Gasteiger partial charge is 0.480 e. The van der Waals surface area contributed by atoms with Gasteiger partial charge in [0.15, 0.2) is 0 Å². The lowest BCUT2D eigenvalue weighted by molar-refractivity contribution is -0.141. The van der Waals surface area contributed by atoms with Crippen molar-refractivity contribution in [1.82, 2.24) is 15.1 Å². The third kappa shape index (κ3) is 4.03. The van der Waals surface area contributed by atoms with Gasteiger partial charge in [0.2, 0.25) is 5.91 Å². The Kier molecular flexibility index (Phi) is 6.32. The quantitative estimate of drug-likeness (QED) is 0.777. The Bertz CT molecular complexity index is 416. The van der Waals surface area contributed by atoms with Gasteiger partial charge < -0.3 is 15.3 Å². The summed E-state index contributed by atoms with van der Waals surface area (Å²) in [6.07, 6.45) is 0. The predicted molar refractivity (Wildman–Crippen MR) is 81.1 cm³/mol. The molecule has 0 aliphatic carbocycles. The second-order valence-corrected chi connectivity index (χ2v) is 6.35. The number of carbonyl (C=O) groups excluding carboxylic acids is 2. The lowest BCUT2D eigenvalue weighted by atomic mass is 10.1. The first-order valence-corrected chi connectivity index (χ1v) is 8.00. The van der Waals surface area contributed by atoms with Crippen LogP contribution in [-0.2, 0) is 9.59 Å². The van der Waals surface area contributed by atoms with E-state index in [1.807, 2.05) is 13.8 Å². The van der Waals surface area contributed by atoms with Crippen LogP contribution in [0.2, 0.25) is 0 Å². The summed E-state index contributed by atoms with van der Waals surface area (Å²) < 4.78 is 0. The fourth-order valence-corrected chi connectivity index (χ4v) is 3.67. The Morgan fingerprint density at radius 3 is 2.48 bits per heavy atom. The third-order valence-corrected chi connectivity index (χ3v) is 5.00. The minimum atomic E-state index is -1.00. The zero-order valence-electron chi connectivity index (χ0n) is 12.8. The summed E-state index contributed by atoms with van der Waals surface area (Å²) in [6, 6.07) is -1.23. The molecule has 8 heteroatoms. The summed E-state index contributed by atoms with van der Waals surface area (Å²) in [5, 5.41) is 11.6. The lowest BCUT2D eigenvalue weighted by Crippen LogP contribution is -2.54. The Morgan fingerprint density at radius 1 is 1.43 bits per heavy atom. The summed E-state index contributed by atoms with van der Waals surface area (Å²) >= 11 is 1.47. The third-order valence-electron chi connectivity index (χ3n) is 3.38. The number of thioether (sulfide) groups is 1. The normalized spacial score (nSPS) is 21.5. The van der Waals surface area contributed by atoms with Gasteiger partial charge in [0.1, 0.15) is 12.6 Å². The summed E-state index contributed by atoms with van der Waals surface area (Å²) in [7, 11) is 1.50. The zero-order chi connectivity index (χ0) is 16.2. The highest BCUT2D eigenvalue weighted by atomic mass is 32.2. The molecule has 1 aliphatic heterocycles. The maximum atomic E-state index is 12.7. The van der Waals surface area contributed by atoms with Gasteiger partial charge in [-0.2, -0.15) is 0 Å². The monoisotopic (exact) mass is 317 g/mol. The van der Waals surface area contributed by atoms with E-state index in [2.05, 4.69) is 5.32 Å². The van der Waals surface area contributed by atoms with Crippen LogP contribution in [0.25, 0.3) is 0 Å². The molecule has 21 heavy (non-hydrogen) atoms. The Balaban J connectivity index is 2.96. The van der Waals surface area contributed by atoms with E-state index in [0.29, 0.717) is 12.3 Å². The second kappa shape index (κ2) is 7.53. The number of hydrogen-bond donors (Lipinski definition) is 2. The van der Waals surface area contributed by atoms with E-state index in [-0.39, 0.29) is 23.7 Å². The highest BCUT2D eigenvalue weighted by Gasteiger charge is 2.44. The topological polar surface area (TPSA) is 90.0 Å². The molecule has 0 saturated carbocycles. The number of carboxylic acids is 1. The summed E-state index contributed by atoms with van der Waals surface area (Å²) in [6.45, 7) is 5.97. The van der Waals surface area contributed by atoms with Crippen molar-refractivity contribution in [2.24, 2.45) is 5.92 Å². The van der Waals surface area contributed by atoms with Gasteiger partial charge in [-0.1, -0.05) is 13.8 Å². The van der Waals surface area contributed by atoms with Crippen molar-refractivity contribution in [2.75, 3.05) is 25.9 Å². The van der Waals surface area contributed by atoms with Crippen molar-refractivity contribution in [3.05, 3.63) is 0 Å². The molecular weight excluding hydrogens is 294 g/mol. The molecule has 120 valence electrons. The Morgan fingerprint density at radius 2 is 2.05 bits per heavy atom. The number of nitrogens with zero attached hydrogens (tertiary/aromatic N) is 2. The fraction of sp³-hybridized carbons (Fsp3) is 0.769. The van der Waals surface area contributed by atoms with Crippen LogP contribution in [0.3, 0.4) is 0 Å². The van der Waals surface area contributed by atoms with Crippen LogP contribution < -0.4 is 5.32 Å². The highest BCUT2D eigenvalue weighted by molar-refractivity contribution is 8.00. The molecule has 2 N–H and O–H groups in total. The molecule has 0 bridgehead atoms. The van der Waals surface area contributed by atoms with Crippen LogP contribution in [0.5, 0.6) is 0 Å². The SMILES string of the molecule is CCN(CC(=O)NC)C(=O)N1C(C(=O)O)CSC1C(C)C. The maximum Gasteiger partial charge on any atom is 0.327 e. The molecule has 1 fully saturated rings. The number of rotatable bonds is 5. The first kappa shape index (κ1) is 17.6. The molecule has 0 spiro atoms. The van der Waals surface area contributed by atoms with E-state index < -0.39 is 18.0 Å². The smallest absolute Gasteiger partial charge is 0.327 e. The Labute approximate surface area is 129 Å². The number of carbonyl (C=O) groups is 3. The van der Waals surface area contributed by atoms with Crippen LogP contribution in [0, 0.1) is 5.92 Å². The number of likely N-dealkylation sites (N-methyl/N-ethyl adjacent to an activating group) is 2. The molecule has 0 aromatic carbocycles. The standard InChI is InChI=1S/C13H23N3O4S/c1-5-15(6-10(17)14-4)13(20)16-9(12(18)19)7-21-11(16)8(2)3/h8-9,11H,5-7H2,1-4H3,(H,14,17)(H,18,19). The van der Waals surface area contributed by atoms with E-state index in [1.54, 1.807) is 6.92 Å². The number of hydrogen-bond acceptors (Lipinski definition) is 4. The van der Waals surface area contributed by atoms with Gasteiger partial charge >= 0.3 is 12.0 Å². The number of amides is 3. The van der Waals surface area contributed by atoms with E-state index in [0.717, 1.165) is 0 Å². The van der Waals surface area contributed by atoms with Crippen LogP contribution in [0.15, 0.2) is 0 Å². The van der Waals surface area contributed by atoms with Crippen molar-refractivity contribution in [1.29, 1.82) is 0 Å². The van der Waals surface area contributed by atoms with Crippen LogP contribution >= 0.6 is 11.8 Å².